The normalized spacial score (nSPS) is 27.8. The zero-order valence-corrected chi connectivity index (χ0v) is 14.6. The minimum Gasteiger partial charge on any atom is -0.349 e. The molecule has 0 saturated heterocycles. The quantitative estimate of drug-likeness (QED) is 0.900. The fraction of sp³-hybridized carbons (Fsp3) is 0.611. The highest BCUT2D eigenvalue weighted by molar-refractivity contribution is 7.89. The highest BCUT2D eigenvalue weighted by Gasteiger charge is 2.42. The summed E-state index contributed by atoms with van der Waals surface area (Å²) in [6, 6.07) is 7.07. The van der Waals surface area contributed by atoms with Gasteiger partial charge in [-0.15, -0.1) is 0 Å². The van der Waals surface area contributed by atoms with Crippen LogP contribution < -0.4 is 5.32 Å². The van der Waals surface area contributed by atoms with Crippen molar-refractivity contribution >= 4 is 15.7 Å². The monoisotopic (exact) mass is 335 g/mol. The summed E-state index contributed by atoms with van der Waals surface area (Å²) in [5.74, 6) is 2.22. The van der Waals surface area contributed by atoms with Crippen LogP contribution in [0.15, 0.2) is 24.3 Å². The van der Waals surface area contributed by atoms with Crippen LogP contribution in [0, 0.1) is 17.8 Å². The number of sulfone groups is 1. The second kappa shape index (κ2) is 6.27. The first-order valence-corrected chi connectivity index (χ1v) is 10.5. The lowest BCUT2D eigenvalue weighted by molar-refractivity contribution is 0.0915. The van der Waals surface area contributed by atoms with Crippen LogP contribution in [-0.4, -0.2) is 26.6 Å². The molecule has 1 aromatic rings. The number of rotatable bonds is 5. The molecule has 1 N–H and O–H groups in total. The Hall–Kier alpha value is -1.36. The van der Waals surface area contributed by atoms with E-state index >= 15 is 0 Å². The van der Waals surface area contributed by atoms with E-state index < -0.39 is 9.84 Å². The van der Waals surface area contributed by atoms with Gasteiger partial charge in [-0.3, -0.25) is 4.79 Å². The summed E-state index contributed by atoms with van der Waals surface area (Å²) in [4.78, 5) is 12.4. The summed E-state index contributed by atoms with van der Waals surface area (Å²) >= 11 is 0. The summed E-state index contributed by atoms with van der Waals surface area (Å²) in [5, 5.41) is 3.13. The summed E-state index contributed by atoms with van der Waals surface area (Å²) in [5.41, 5.74) is 1.31. The third-order valence-electron chi connectivity index (χ3n) is 5.44. The molecular weight excluding hydrogens is 310 g/mol. The minimum atomic E-state index is -3.05. The van der Waals surface area contributed by atoms with Gasteiger partial charge in [-0.05, 0) is 61.6 Å². The topological polar surface area (TPSA) is 63.2 Å². The smallest absolute Gasteiger partial charge is 0.251 e. The van der Waals surface area contributed by atoms with Crippen LogP contribution in [-0.2, 0) is 15.6 Å². The second-order valence-corrected chi connectivity index (χ2v) is 9.51. The molecule has 2 aliphatic rings. The predicted octanol–water partition coefficient (Wildman–Crippen LogP) is 2.79. The van der Waals surface area contributed by atoms with E-state index in [4.69, 9.17) is 0 Å². The van der Waals surface area contributed by atoms with E-state index in [-0.39, 0.29) is 17.7 Å². The van der Waals surface area contributed by atoms with Gasteiger partial charge >= 0.3 is 0 Å². The second-order valence-electron chi connectivity index (χ2n) is 7.37. The van der Waals surface area contributed by atoms with Crippen LogP contribution in [0.5, 0.6) is 0 Å². The average Bonchev–Trinajstić information content (AvgIpc) is 3.08. The molecule has 0 spiro atoms. The van der Waals surface area contributed by atoms with Gasteiger partial charge in [-0.25, -0.2) is 8.42 Å². The number of carbonyl (C=O) groups is 1. The van der Waals surface area contributed by atoms with Gasteiger partial charge in [0.05, 0.1) is 5.75 Å². The maximum Gasteiger partial charge on any atom is 0.251 e. The molecule has 5 heteroatoms. The van der Waals surface area contributed by atoms with E-state index in [1.165, 1.54) is 31.9 Å². The number of benzene rings is 1. The number of nitrogens with one attached hydrogen (secondary N) is 1. The molecule has 0 aromatic heterocycles. The lowest BCUT2D eigenvalue weighted by atomic mass is 9.84. The standard InChI is InChI=1S/C18H25NO3S/c1-12(17-10-14-5-8-16(17)9-14)19-18(20)15-6-3-13(4-7-15)11-23(2,21)22/h3-4,6-7,12,14,16-17H,5,8-11H2,1-2H3,(H,19,20)/t12-,14+,16+,17+/m0/s1. The molecule has 3 rings (SSSR count). The average molecular weight is 335 g/mol. The van der Waals surface area contributed by atoms with Gasteiger partial charge in [-0.1, -0.05) is 18.6 Å². The molecule has 2 bridgehead atoms. The molecule has 0 unspecified atom stereocenters. The van der Waals surface area contributed by atoms with E-state index in [2.05, 4.69) is 12.2 Å². The molecule has 4 atom stereocenters. The first-order valence-electron chi connectivity index (χ1n) is 8.39. The van der Waals surface area contributed by atoms with Gasteiger partial charge in [-0.2, -0.15) is 0 Å². The molecule has 1 amide bonds. The first-order chi connectivity index (χ1) is 10.8. The zero-order valence-electron chi connectivity index (χ0n) is 13.8. The maximum absolute atomic E-state index is 12.4. The maximum atomic E-state index is 12.4. The van der Waals surface area contributed by atoms with Crippen LogP contribution in [0.25, 0.3) is 0 Å². The number of amides is 1. The molecular formula is C18H25NO3S. The molecule has 2 fully saturated rings. The Morgan fingerprint density at radius 2 is 1.91 bits per heavy atom. The van der Waals surface area contributed by atoms with Crippen molar-refractivity contribution in [3.8, 4) is 0 Å². The highest BCUT2D eigenvalue weighted by Crippen LogP contribution is 2.49. The lowest BCUT2D eigenvalue weighted by Gasteiger charge is -2.28. The van der Waals surface area contributed by atoms with Gasteiger partial charge in [0.2, 0.25) is 0 Å². The van der Waals surface area contributed by atoms with Crippen molar-refractivity contribution in [3.63, 3.8) is 0 Å². The van der Waals surface area contributed by atoms with Crippen molar-refractivity contribution in [1.29, 1.82) is 0 Å². The van der Waals surface area contributed by atoms with Gasteiger partial charge in [0.15, 0.2) is 9.84 Å². The Labute approximate surface area is 138 Å². The molecule has 2 aliphatic carbocycles. The van der Waals surface area contributed by atoms with Crippen LogP contribution >= 0.6 is 0 Å². The summed E-state index contributed by atoms with van der Waals surface area (Å²) in [7, 11) is -3.05. The molecule has 0 aliphatic heterocycles. The summed E-state index contributed by atoms with van der Waals surface area (Å²) < 4.78 is 22.6. The molecule has 23 heavy (non-hydrogen) atoms. The number of fused-ring (bicyclic) bond motifs is 2. The lowest BCUT2D eigenvalue weighted by Crippen LogP contribution is -2.40. The van der Waals surface area contributed by atoms with Crippen LogP contribution in [0.2, 0.25) is 0 Å². The molecule has 4 nitrogen and oxygen atoms in total. The number of carbonyl (C=O) groups excluding carboxylic acids is 1. The Morgan fingerprint density at radius 1 is 1.22 bits per heavy atom. The number of hydrogen-bond acceptors (Lipinski definition) is 3. The fourth-order valence-electron chi connectivity index (χ4n) is 4.36. The summed E-state index contributed by atoms with van der Waals surface area (Å²) in [6.45, 7) is 2.11. The molecule has 1 aromatic carbocycles. The van der Waals surface area contributed by atoms with E-state index in [1.807, 2.05) is 0 Å². The fourth-order valence-corrected chi connectivity index (χ4v) is 5.16. The Balaban J connectivity index is 1.59. The van der Waals surface area contributed by atoms with Gasteiger partial charge in [0, 0.05) is 17.9 Å². The minimum absolute atomic E-state index is 0.0104. The van der Waals surface area contributed by atoms with Crippen molar-refractivity contribution in [2.24, 2.45) is 17.8 Å². The van der Waals surface area contributed by atoms with E-state index in [0.717, 1.165) is 11.8 Å². The van der Waals surface area contributed by atoms with Crippen molar-refractivity contribution < 1.29 is 13.2 Å². The van der Waals surface area contributed by atoms with E-state index in [9.17, 15) is 13.2 Å². The van der Waals surface area contributed by atoms with Crippen LogP contribution in [0.1, 0.15) is 48.5 Å². The number of hydrogen-bond donors (Lipinski definition) is 1. The van der Waals surface area contributed by atoms with Crippen molar-refractivity contribution in [1.82, 2.24) is 5.32 Å². The SMILES string of the molecule is C[C@H](NC(=O)c1ccc(CS(C)(=O)=O)cc1)[C@H]1C[C@@H]2CC[C@@H]1C2. The highest BCUT2D eigenvalue weighted by atomic mass is 32.2. The first kappa shape index (κ1) is 16.5. The van der Waals surface area contributed by atoms with Crippen molar-refractivity contribution in [2.45, 2.75) is 44.4 Å². The van der Waals surface area contributed by atoms with Gasteiger partial charge < -0.3 is 5.32 Å². The third-order valence-corrected chi connectivity index (χ3v) is 6.30. The van der Waals surface area contributed by atoms with Gasteiger partial charge in [0.25, 0.3) is 5.91 Å². The Kier molecular flexibility index (Phi) is 4.50. The van der Waals surface area contributed by atoms with E-state index in [1.54, 1.807) is 24.3 Å². The van der Waals surface area contributed by atoms with Crippen molar-refractivity contribution in [3.05, 3.63) is 35.4 Å². The largest absolute Gasteiger partial charge is 0.349 e. The van der Waals surface area contributed by atoms with Crippen molar-refractivity contribution in [2.75, 3.05) is 6.26 Å². The molecule has 2 saturated carbocycles. The van der Waals surface area contributed by atoms with E-state index in [0.29, 0.717) is 17.0 Å². The van der Waals surface area contributed by atoms with Crippen LogP contribution in [0.4, 0.5) is 0 Å². The Bertz CT molecular complexity index is 681. The third kappa shape index (κ3) is 3.94. The summed E-state index contributed by atoms with van der Waals surface area (Å²) in [6.07, 6.45) is 6.48. The predicted molar refractivity (Wildman–Crippen MR) is 90.9 cm³/mol. The molecule has 0 radical (unpaired) electrons. The van der Waals surface area contributed by atoms with Gasteiger partial charge in [0.1, 0.15) is 0 Å². The van der Waals surface area contributed by atoms with Crippen LogP contribution in [0.3, 0.4) is 0 Å². The zero-order chi connectivity index (χ0) is 16.6. The molecule has 126 valence electrons. The molecule has 0 heterocycles. The Morgan fingerprint density at radius 3 is 2.43 bits per heavy atom.